The van der Waals surface area contributed by atoms with Gasteiger partial charge < -0.3 is 15.1 Å². The number of hydrogen-bond acceptors (Lipinski definition) is 3. The van der Waals surface area contributed by atoms with Crippen LogP contribution in [-0.2, 0) is 17.9 Å². The fourth-order valence-corrected chi connectivity index (χ4v) is 3.29. The van der Waals surface area contributed by atoms with Gasteiger partial charge in [-0.15, -0.1) is 0 Å². The zero-order valence-electron chi connectivity index (χ0n) is 17.4. The number of carbonyl (C=O) groups is 1. The van der Waals surface area contributed by atoms with Gasteiger partial charge in [-0.2, -0.15) is 0 Å². The summed E-state index contributed by atoms with van der Waals surface area (Å²) in [5.74, 6) is 0.850. The number of hydrogen-bond donors (Lipinski definition) is 1. The van der Waals surface area contributed by atoms with Gasteiger partial charge in [0.05, 0.1) is 13.1 Å². The highest BCUT2D eigenvalue weighted by molar-refractivity contribution is 5.86. The summed E-state index contributed by atoms with van der Waals surface area (Å²) in [5, 5.41) is 3.27. The molecule has 0 aromatic heterocycles. The number of amides is 1. The lowest BCUT2D eigenvalue weighted by Gasteiger charge is -2.36. The number of aliphatic imine (C=N–C) groups is 1. The van der Waals surface area contributed by atoms with Crippen LogP contribution in [0.15, 0.2) is 65.7 Å². The summed E-state index contributed by atoms with van der Waals surface area (Å²) in [6.07, 6.45) is 0. The van der Waals surface area contributed by atoms with Crippen molar-refractivity contribution < 1.29 is 4.79 Å². The van der Waals surface area contributed by atoms with Gasteiger partial charge in [-0.05, 0) is 11.1 Å². The molecule has 6 nitrogen and oxygen atoms in total. The first kappa shape index (κ1) is 20.9. The predicted octanol–water partition coefficient (Wildman–Crippen LogP) is 2.04. The van der Waals surface area contributed by atoms with E-state index in [2.05, 4.69) is 57.6 Å². The fourth-order valence-electron chi connectivity index (χ4n) is 3.29. The van der Waals surface area contributed by atoms with Crippen LogP contribution in [0, 0.1) is 0 Å². The second-order valence-corrected chi connectivity index (χ2v) is 7.52. The molecule has 0 aliphatic carbocycles. The molecule has 0 radical (unpaired) electrons. The Hall–Kier alpha value is -2.86. The minimum atomic E-state index is 0.0418. The largest absolute Gasteiger partial charge is 0.347 e. The quantitative estimate of drug-likeness (QED) is 0.603. The number of likely N-dealkylation sites (N-methyl/N-ethyl adjacent to an activating group) is 1. The lowest BCUT2D eigenvalue weighted by atomic mass is 10.2. The molecule has 2 aromatic rings. The van der Waals surface area contributed by atoms with Gasteiger partial charge >= 0.3 is 0 Å². The molecule has 0 saturated carbocycles. The molecule has 0 bridgehead atoms. The van der Waals surface area contributed by atoms with E-state index in [0.29, 0.717) is 6.54 Å². The average molecular weight is 394 g/mol. The van der Waals surface area contributed by atoms with Crippen LogP contribution in [0.5, 0.6) is 0 Å². The Labute approximate surface area is 173 Å². The highest BCUT2D eigenvalue weighted by atomic mass is 16.2. The van der Waals surface area contributed by atoms with Crippen molar-refractivity contribution in [3.63, 3.8) is 0 Å². The molecule has 6 heteroatoms. The van der Waals surface area contributed by atoms with Crippen molar-refractivity contribution in [2.45, 2.75) is 13.1 Å². The molecule has 1 fully saturated rings. The van der Waals surface area contributed by atoms with Gasteiger partial charge in [-0.3, -0.25) is 9.69 Å². The predicted molar refractivity (Wildman–Crippen MR) is 118 cm³/mol. The maximum Gasteiger partial charge on any atom is 0.241 e. The molecule has 0 atom stereocenters. The molecule has 2 aromatic carbocycles. The number of nitrogens with zero attached hydrogens (tertiary/aromatic N) is 4. The minimum absolute atomic E-state index is 0.0418. The van der Waals surface area contributed by atoms with E-state index >= 15 is 0 Å². The van der Waals surface area contributed by atoms with Crippen molar-refractivity contribution in [2.24, 2.45) is 4.99 Å². The van der Waals surface area contributed by atoms with E-state index in [1.807, 2.05) is 18.2 Å². The van der Waals surface area contributed by atoms with E-state index in [9.17, 15) is 4.79 Å². The summed E-state index contributed by atoms with van der Waals surface area (Å²) in [5.41, 5.74) is 2.50. The van der Waals surface area contributed by atoms with Gasteiger partial charge in [0.2, 0.25) is 5.91 Å². The van der Waals surface area contributed by atoms with E-state index in [4.69, 9.17) is 4.99 Å². The van der Waals surface area contributed by atoms with Crippen LogP contribution in [0.4, 0.5) is 0 Å². The zero-order chi connectivity index (χ0) is 20.5. The van der Waals surface area contributed by atoms with Crippen LogP contribution >= 0.6 is 0 Å². The Bertz CT molecular complexity index is 783. The number of benzene rings is 2. The second-order valence-electron chi connectivity index (χ2n) is 7.52. The van der Waals surface area contributed by atoms with Crippen molar-refractivity contribution >= 4 is 11.9 Å². The van der Waals surface area contributed by atoms with Gasteiger partial charge in [0.25, 0.3) is 0 Å². The van der Waals surface area contributed by atoms with Crippen LogP contribution in [-0.4, -0.2) is 73.4 Å². The Morgan fingerprint density at radius 3 is 2.10 bits per heavy atom. The normalized spacial score (nSPS) is 15.2. The molecular weight excluding hydrogens is 362 g/mol. The molecule has 0 spiro atoms. The first-order valence-corrected chi connectivity index (χ1v) is 10.2. The third-order valence-corrected chi connectivity index (χ3v) is 5.07. The van der Waals surface area contributed by atoms with Gasteiger partial charge in [-0.25, -0.2) is 4.99 Å². The third kappa shape index (κ3) is 6.61. The molecule has 1 amide bonds. The Kier molecular flexibility index (Phi) is 7.64. The Morgan fingerprint density at radius 1 is 0.931 bits per heavy atom. The van der Waals surface area contributed by atoms with Crippen molar-refractivity contribution in [1.29, 1.82) is 0 Å². The van der Waals surface area contributed by atoms with Crippen LogP contribution in [0.2, 0.25) is 0 Å². The summed E-state index contributed by atoms with van der Waals surface area (Å²) in [6.45, 7) is 5.56. The number of nitrogens with one attached hydrogen (secondary N) is 1. The minimum Gasteiger partial charge on any atom is -0.347 e. The molecule has 1 saturated heterocycles. The van der Waals surface area contributed by atoms with E-state index in [0.717, 1.165) is 44.2 Å². The molecule has 1 heterocycles. The van der Waals surface area contributed by atoms with Crippen LogP contribution in [0.25, 0.3) is 0 Å². The van der Waals surface area contributed by atoms with Crippen LogP contribution < -0.4 is 5.32 Å². The molecule has 1 N–H and O–H groups in total. The van der Waals surface area contributed by atoms with E-state index in [1.165, 1.54) is 5.56 Å². The lowest BCUT2D eigenvalue weighted by Crippen LogP contribution is -2.53. The summed E-state index contributed by atoms with van der Waals surface area (Å²) in [6, 6.07) is 20.8. The maximum absolute atomic E-state index is 12.0. The highest BCUT2D eigenvalue weighted by Crippen LogP contribution is 2.09. The Balaban J connectivity index is 1.60. The highest BCUT2D eigenvalue weighted by Gasteiger charge is 2.20. The summed E-state index contributed by atoms with van der Waals surface area (Å²) in [7, 11) is 3.54. The van der Waals surface area contributed by atoms with Gasteiger partial charge in [0.1, 0.15) is 0 Å². The first-order chi connectivity index (χ1) is 14.1. The summed E-state index contributed by atoms with van der Waals surface area (Å²) < 4.78 is 0. The number of piperazine rings is 1. The van der Waals surface area contributed by atoms with E-state index in [-0.39, 0.29) is 12.5 Å². The number of guanidine groups is 1. The molecule has 0 unspecified atom stereocenters. The van der Waals surface area contributed by atoms with Crippen LogP contribution in [0.3, 0.4) is 0 Å². The third-order valence-electron chi connectivity index (χ3n) is 5.07. The molecule has 1 aliphatic heterocycles. The molecular formula is C23H31N5O. The number of rotatable bonds is 6. The monoisotopic (exact) mass is 393 g/mol. The molecule has 154 valence electrons. The van der Waals surface area contributed by atoms with Crippen molar-refractivity contribution in [3.05, 3.63) is 71.8 Å². The van der Waals surface area contributed by atoms with Crippen molar-refractivity contribution in [1.82, 2.24) is 20.0 Å². The molecule has 3 rings (SSSR count). The smallest absolute Gasteiger partial charge is 0.241 e. The second kappa shape index (κ2) is 10.6. The van der Waals surface area contributed by atoms with Gasteiger partial charge in [0, 0.05) is 46.8 Å². The van der Waals surface area contributed by atoms with Crippen LogP contribution in [0.1, 0.15) is 11.1 Å². The van der Waals surface area contributed by atoms with Crippen molar-refractivity contribution in [2.75, 3.05) is 46.8 Å². The van der Waals surface area contributed by atoms with Gasteiger partial charge in [0.15, 0.2) is 5.96 Å². The standard InChI is InChI=1S/C23H31N5O/c1-26(2)22(29)18-25-23(24-17-20-9-5-3-6-10-20)28-15-13-27(14-16-28)19-21-11-7-4-8-12-21/h3-12H,13-19H2,1-2H3,(H,24,25). The topological polar surface area (TPSA) is 51.2 Å². The van der Waals surface area contributed by atoms with E-state index < -0.39 is 0 Å². The lowest BCUT2D eigenvalue weighted by molar-refractivity contribution is -0.127. The SMILES string of the molecule is CN(C)C(=O)CNC(=NCc1ccccc1)N1CCN(Cc2ccccc2)CC1. The van der Waals surface area contributed by atoms with Crippen molar-refractivity contribution in [3.8, 4) is 0 Å². The van der Waals surface area contributed by atoms with E-state index in [1.54, 1.807) is 19.0 Å². The first-order valence-electron chi connectivity index (χ1n) is 10.2. The van der Waals surface area contributed by atoms with Gasteiger partial charge in [-0.1, -0.05) is 60.7 Å². The molecule has 1 aliphatic rings. The zero-order valence-corrected chi connectivity index (χ0v) is 17.4. The molecule has 29 heavy (non-hydrogen) atoms. The fraction of sp³-hybridized carbons (Fsp3) is 0.391. The summed E-state index contributed by atoms with van der Waals surface area (Å²) >= 11 is 0. The average Bonchev–Trinajstić information content (AvgIpc) is 2.76. The summed E-state index contributed by atoms with van der Waals surface area (Å²) in [4.78, 5) is 23.2. The maximum atomic E-state index is 12.0. The number of carbonyl (C=O) groups excluding carboxylic acids is 1. The Morgan fingerprint density at radius 2 is 1.52 bits per heavy atom.